The zero-order chi connectivity index (χ0) is 40.9. The lowest BCUT2D eigenvalue weighted by atomic mass is 9.92. The lowest BCUT2D eigenvalue weighted by Gasteiger charge is -2.21. The van der Waals surface area contributed by atoms with E-state index in [1.54, 1.807) is 0 Å². The van der Waals surface area contributed by atoms with Crippen molar-refractivity contribution in [3.63, 3.8) is 0 Å². The predicted octanol–water partition coefficient (Wildman–Crippen LogP) is 15.2. The molecule has 0 aliphatic carbocycles. The molecule has 1 aliphatic heterocycles. The number of hydrogen-bond donors (Lipinski definition) is 0. The fraction of sp³-hybridized carbons (Fsp3) is 0.0526. The summed E-state index contributed by atoms with van der Waals surface area (Å²) < 4.78 is 15.5. The van der Waals surface area contributed by atoms with Gasteiger partial charge in [-0.15, -0.1) is 0 Å². The Morgan fingerprint density at radius 3 is 1.95 bits per heavy atom. The van der Waals surface area contributed by atoms with Gasteiger partial charge in [0, 0.05) is 54.9 Å². The van der Waals surface area contributed by atoms with E-state index in [0.29, 0.717) is 12.3 Å². The van der Waals surface area contributed by atoms with E-state index >= 15 is 0 Å². The van der Waals surface area contributed by atoms with Crippen molar-refractivity contribution in [3.8, 4) is 5.69 Å². The van der Waals surface area contributed by atoms with Gasteiger partial charge in [0.25, 0.3) is 0 Å². The molecule has 1 atom stereocenters. The van der Waals surface area contributed by atoms with Crippen LogP contribution < -0.4 is 0 Å². The van der Waals surface area contributed by atoms with Crippen molar-refractivity contribution in [1.29, 1.82) is 0 Å². The summed E-state index contributed by atoms with van der Waals surface area (Å²) in [5.41, 5.74) is 11.5. The maximum atomic E-state index is 6.64. The van der Waals surface area contributed by atoms with Crippen molar-refractivity contribution in [1.82, 2.24) is 4.57 Å². The van der Waals surface area contributed by atoms with E-state index in [2.05, 4.69) is 181 Å². The second-order valence-corrected chi connectivity index (χ2v) is 16.5. The molecule has 3 aromatic heterocycles. The maximum Gasteiger partial charge on any atom is 0.160 e. The van der Waals surface area contributed by atoms with Crippen LogP contribution in [0.15, 0.2) is 207 Å². The molecule has 1 aliphatic rings. The largest absolute Gasteiger partial charge is 0.456 e. The number of aromatic nitrogens is 1. The number of rotatable bonds is 4. The standard InChI is InChI=1S/C57H37N3O2/c1-34-22-27-46(58-57(40-24-23-35-12-2-3-13-36(35)30-40)59-56(34)39-25-26-43-42-17-7-10-20-50(42)62-53(43)33-39)55-48(28-29-52-54(55)44-18-8-11-21-51(44)61-52)60-47-19-9-6-16-41(47)45-31-37-14-4-5-15-38(37)32-49(45)60/h2-21,23-34H,22H2,1H3/b46-27+,58-57-,59-56+. The minimum absolute atomic E-state index is 0.0427. The van der Waals surface area contributed by atoms with Crippen molar-refractivity contribution in [2.45, 2.75) is 13.3 Å². The molecule has 1 unspecified atom stereocenters. The summed E-state index contributed by atoms with van der Waals surface area (Å²) in [5, 5.41) is 11.4. The van der Waals surface area contributed by atoms with Crippen molar-refractivity contribution < 1.29 is 8.83 Å². The highest BCUT2D eigenvalue weighted by Gasteiger charge is 2.26. The number of hydrogen-bond acceptors (Lipinski definition) is 4. The van der Waals surface area contributed by atoms with Gasteiger partial charge in [0.1, 0.15) is 22.3 Å². The highest BCUT2D eigenvalue weighted by atomic mass is 16.3. The molecule has 0 fully saturated rings. The number of furan rings is 2. The third-order valence-corrected chi connectivity index (χ3v) is 12.8. The van der Waals surface area contributed by atoms with E-state index in [-0.39, 0.29) is 5.92 Å². The van der Waals surface area contributed by atoms with Crippen molar-refractivity contribution in [3.05, 3.63) is 205 Å². The lowest BCUT2D eigenvalue weighted by molar-refractivity contribution is 0.668. The van der Waals surface area contributed by atoms with Gasteiger partial charge < -0.3 is 13.4 Å². The summed E-state index contributed by atoms with van der Waals surface area (Å²) in [6, 6.07) is 64.5. The quantitative estimate of drug-likeness (QED) is 0.178. The summed E-state index contributed by atoms with van der Waals surface area (Å²) in [4.78, 5) is 11.3. The zero-order valence-electron chi connectivity index (χ0n) is 33.8. The summed E-state index contributed by atoms with van der Waals surface area (Å²) >= 11 is 0. The molecule has 292 valence electrons. The Labute approximate surface area is 356 Å². The van der Waals surface area contributed by atoms with Crippen LogP contribution in [0.25, 0.3) is 98.6 Å². The first-order valence-corrected chi connectivity index (χ1v) is 21.3. The zero-order valence-corrected chi connectivity index (χ0v) is 33.8. The van der Waals surface area contributed by atoms with Gasteiger partial charge in [-0.2, -0.15) is 0 Å². The topological polar surface area (TPSA) is 55.9 Å². The molecule has 0 spiro atoms. The first-order chi connectivity index (χ1) is 30.6. The number of benzene rings is 9. The van der Waals surface area contributed by atoms with Crippen LogP contribution >= 0.6 is 0 Å². The third kappa shape index (κ3) is 5.35. The normalized spacial score (nSPS) is 17.4. The highest BCUT2D eigenvalue weighted by molar-refractivity contribution is 6.20. The number of fused-ring (bicyclic) bond motifs is 11. The first kappa shape index (κ1) is 34.8. The van der Waals surface area contributed by atoms with Gasteiger partial charge in [0.15, 0.2) is 5.84 Å². The van der Waals surface area contributed by atoms with Crippen LogP contribution in [0.1, 0.15) is 30.0 Å². The summed E-state index contributed by atoms with van der Waals surface area (Å²) in [5.74, 6) is 0.693. The van der Waals surface area contributed by atoms with E-state index in [9.17, 15) is 0 Å². The average molecular weight is 796 g/mol. The Hall–Kier alpha value is -8.02. The summed E-state index contributed by atoms with van der Waals surface area (Å²) in [6.07, 6.45) is 3.04. The molecule has 12 aromatic rings. The maximum absolute atomic E-state index is 6.64. The molecule has 9 aromatic carbocycles. The van der Waals surface area contributed by atoms with E-state index in [4.69, 9.17) is 18.8 Å². The first-order valence-electron chi connectivity index (χ1n) is 21.3. The minimum Gasteiger partial charge on any atom is -0.456 e. The Bertz CT molecular complexity index is 3930. The molecule has 0 radical (unpaired) electrons. The molecule has 0 amide bonds. The number of nitrogens with zero attached hydrogens (tertiary/aromatic N) is 3. The Balaban J connectivity index is 1.10. The van der Waals surface area contributed by atoms with Crippen LogP contribution in [0.3, 0.4) is 0 Å². The molecule has 62 heavy (non-hydrogen) atoms. The van der Waals surface area contributed by atoms with Crippen LogP contribution in [0.4, 0.5) is 0 Å². The van der Waals surface area contributed by atoms with Gasteiger partial charge in [0.05, 0.1) is 28.1 Å². The summed E-state index contributed by atoms with van der Waals surface area (Å²) in [6.45, 7) is 2.27. The van der Waals surface area contributed by atoms with E-state index in [0.717, 1.165) is 94.1 Å². The number of allylic oxidation sites excluding steroid dienone is 1. The molecule has 0 bridgehead atoms. The van der Waals surface area contributed by atoms with E-state index in [1.807, 2.05) is 18.2 Å². The number of para-hydroxylation sites is 3. The fourth-order valence-corrected chi connectivity index (χ4v) is 9.82. The van der Waals surface area contributed by atoms with E-state index in [1.165, 1.54) is 26.9 Å². The van der Waals surface area contributed by atoms with Crippen LogP contribution in [-0.2, 0) is 0 Å². The molecule has 4 heterocycles. The van der Waals surface area contributed by atoms with Crippen LogP contribution in [-0.4, -0.2) is 16.1 Å². The van der Waals surface area contributed by atoms with Gasteiger partial charge in [-0.25, -0.2) is 9.98 Å². The number of amidine groups is 1. The SMILES string of the molecule is CC1C/C=C(c2c(-n3c4ccccc4c4cc5ccccc5cc43)ccc3oc4ccccc4c23)/N=C(c2ccc3ccccc3c2)\N=C/1c1ccc2c(c1)oc1ccccc12. The molecular formula is C57H37N3O2. The smallest absolute Gasteiger partial charge is 0.160 e. The molecular weight excluding hydrogens is 759 g/mol. The van der Waals surface area contributed by atoms with Crippen molar-refractivity contribution in [2.24, 2.45) is 15.9 Å². The van der Waals surface area contributed by atoms with Crippen LogP contribution in [0.2, 0.25) is 0 Å². The lowest BCUT2D eigenvalue weighted by Crippen LogP contribution is -2.17. The predicted molar refractivity (Wildman–Crippen MR) is 258 cm³/mol. The van der Waals surface area contributed by atoms with Gasteiger partial charge in [0.2, 0.25) is 0 Å². The molecule has 5 heteroatoms. The van der Waals surface area contributed by atoms with Gasteiger partial charge in [-0.05, 0) is 88.6 Å². The van der Waals surface area contributed by atoms with Gasteiger partial charge in [-0.1, -0.05) is 134 Å². The average Bonchev–Trinajstić information content (AvgIpc) is 3.98. The van der Waals surface area contributed by atoms with Crippen molar-refractivity contribution >= 4 is 104 Å². The molecule has 13 rings (SSSR count). The van der Waals surface area contributed by atoms with Gasteiger partial charge >= 0.3 is 0 Å². The Morgan fingerprint density at radius 2 is 1.11 bits per heavy atom. The Kier molecular flexibility index (Phi) is 7.58. The molecule has 5 nitrogen and oxygen atoms in total. The van der Waals surface area contributed by atoms with Crippen molar-refractivity contribution in [2.75, 3.05) is 0 Å². The molecule has 0 N–H and O–H groups in total. The van der Waals surface area contributed by atoms with E-state index < -0.39 is 0 Å². The van der Waals surface area contributed by atoms with Gasteiger partial charge in [-0.3, -0.25) is 0 Å². The monoisotopic (exact) mass is 795 g/mol. The number of aliphatic imine (C=N–C) groups is 2. The third-order valence-electron chi connectivity index (χ3n) is 12.8. The highest BCUT2D eigenvalue weighted by Crippen LogP contribution is 2.43. The van der Waals surface area contributed by atoms with Crippen LogP contribution in [0.5, 0.6) is 0 Å². The fourth-order valence-electron chi connectivity index (χ4n) is 9.82. The minimum atomic E-state index is 0.0427. The second-order valence-electron chi connectivity index (χ2n) is 16.5. The molecule has 0 saturated carbocycles. The summed E-state index contributed by atoms with van der Waals surface area (Å²) in [7, 11) is 0. The van der Waals surface area contributed by atoms with Crippen LogP contribution in [0, 0.1) is 5.92 Å². The molecule has 0 saturated heterocycles. The second kappa shape index (κ2) is 13.5. The Morgan fingerprint density at radius 1 is 0.468 bits per heavy atom.